The van der Waals surface area contributed by atoms with Crippen molar-refractivity contribution in [1.82, 2.24) is 16.0 Å². The minimum Gasteiger partial charge on any atom is -0.396 e. The van der Waals surface area contributed by atoms with E-state index in [2.05, 4.69) is 20.9 Å². The number of methoxy groups -OCH3 is 1. The van der Waals surface area contributed by atoms with Crippen molar-refractivity contribution < 1.29 is 54.4 Å². The number of guanidine groups is 1. The van der Waals surface area contributed by atoms with E-state index < -0.39 is 84.7 Å². The molecule has 0 spiro atoms. The molecule has 3 aliphatic carbocycles. The number of Topliss-reactive ketones (excluding diaryl/α,β-unsaturated/α-hetero) is 2. The Hall–Kier alpha value is -1.91. The van der Waals surface area contributed by atoms with Crippen LogP contribution in [0.25, 0.3) is 0 Å². The average Bonchev–Trinajstić information content (AvgIpc) is 3.23. The van der Waals surface area contributed by atoms with Crippen molar-refractivity contribution in [1.29, 1.82) is 0 Å². The zero-order valence-corrected chi connectivity index (χ0v) is 34.8. The fraction of sp³-hybridized carbons (Fsp3) is 0.927. The van der Waals surface area contributed by atoms with Crippen LogP contribution in [0, 0.1) is 53.3 Å². The number of carbonyl (C=O) groups excluding carboxylic acids is 2. The van der Waals surface area contributed by atoms with Crippen molar-refractivity contribution in [2.24, 2.45) is 75.5 Å². The first-order valence-corrected chi connectivity index (χ1v) is 22.1. The predicted molar refractivity (Wildman–Crippen MR) is 216 cm³/mol. The topological polar surface area (TPSA) is 310 Å². The fourth-order valence-corrected chi connectivity index (χ4v) is 11.8. The Balaban J connectivity index is 1.22. The van der Waals surface area contributed by atoms with Crippen LogP contribution in [-0.2, 0) is 23.8 Å². The van der Waals surface area contributed by atoms with Gasteiger partial charge in [-0.2, -0.15) is 0 Å². The zero-order valence-electron chi connectivity index (χ0n) is 34.8. The molecule has 0 aromatic rings. The van der Waals surface area contributed by atoms with Crippen LogP contribution in [0.15, 0.2) is 4.99 Å². The maximum absolute atomic E-state index is 14.9. The Kier molecular flexibility index (Phi) is 16.2. The van der Waals surface area contributed by atoms with E-state index in [0.29, 0.717) is 38.0 Å². The van der Waals surface area contributed by atoms with Gasteiger partial charge in [-0.05, 0) is 107 Å². The highest BCUT2D eigenvalue weighted by molar-refractivity contribution is 6.00. The molecule has 13 unspecified atom stereocenters. The van der Waals surface area contributed by atoms with Gasteiger partial charge in [0, 0.05) is 51.5 Å². The molecule has 338 valence electrons. The van der Waals surface area contributed by atoms with E-state index in [1.807, 2.05) is 0 Å². The Morgan fingerprint density at radius 2 is 1.76 bits per heavy atom. The number of fused-ring (bicyclic) bond motifs is 2. The smallest absolute Gasteiger partial charge is 0.188 e. The van der Waals surface area contributed by atoms with Crippen LogP contribution in [0.5, 0.6) is 0 Å². The number of aliphatic imine (C=N–C) groups is 1. The quantitative estimate of drug-likeness (QED) is 0.0606. The lowest BCUT2D eigenvalue weighted by molar-refractivity contribution is -0.346. The van der Waals surface area contributed by atoms with Gasteiger partial charge in [-0.3, -0.25) is 14.6 Å². The van der Waals surface area contributed by atoms with Gasteiger partial charge < -0.3 is 78.0 Å². The third-order valence-corrected chi connectivity index (χ3v) is 15.2. The summed E-state index contributed by atoms with van der Waals surface area (Å²) in [7, 11) is 3.08. The summed E-state index contributed by atoms with van der Waals surface area (Å²) in [5.74, 6) is -3.79. The molecule has 19 atom stereocenters. The highest BCUT2D eigenvalue weighted by Crippen LogP contribution is 2.52. The number of ketones is 2. The summed E-state index contributed by atoms with van der Waals surface area (Å²) in [6, 6.07) is 0. The van der Waals surface area contributed by atoms with Gasteiger partial charge in [-0.25, -0.2) is 0 Å². The number of nitrogens with two attached hydrogens (primary N) is 3. The number of ether oxygens (including phenoxy) is 3. The lowest BCUT2D eigenvalue weighted by Crippen LogP contribution is -2.68. The number of nitrogens with one attached hydrogen (secondary N) is 3. The average molecular weight is 840 g/mol. The van der Waals surface area contributed by atoms with Crippen LogP contribution in [0.3, 0.4) is 0 Å². The molecule has 0 bridgehead atoms. The second-order valence-electron chi connectivity index (χ2n) is 18.5. The summed E-state index contributed by atoms with van der Waals surface area (Å²) in [5, 5.41) is 76.8. The van der Waals surface area contributed by atoms with E-state index in [1.165, 1.54) is 7.11 Å². The number of aliphatic hydroxyl groups is 6. The highest BCUT2D eigenvalue weighted by Gasteiger charge is 2.62. The molecule has 0 aromatic heterocycles. The van der Waals surface area contributed by atoms with E-state index in [9.17, 15) is 40.2 Å². The van der Waals surface area contributed by atoms with Gasteiger partial charge in [0.15, 0.2) is 12.2 Å². The molecule has 3 saturated carbocycles. The monoisotopic (exact) mass is 840 g/mol. The molecule has 18 heteroatoms. The molecule has 0 radical (unpaired) electrons. The number of rotatable bonds is 15. The number of aliphatic hydroxyl groups excluding tert-OH is 5. The minimum absolute atomic E-state index is 0.0368. The molecule has 6 fully saturated rings. The number of nitrogens with zero attached hydrogens (tertiary/aromatic N) is 1. The molecule has 0 amide bonds. The van der Waals surface area contributed by atoms with Gasteiger partial charge in [-0.1, -0.05) is 0 Å². The molecule has 3 aliphatic heterocycles. The van der Waals surface area contributed by atoms with Crippen molar-refractivity contribution in [2.75, 3.05) is 47.0 Å². The molecule has 15 N–H and O–H groups in total. The van der Waals surface area contributed by atoms with Gasteiger partial charge in [-0.15, -0.1) is 0 Å². The van der Waals surface area contributed by atoms with Crippen LogP contribution in [0.2, 0.25) is 0 Å². The first-order valence-electron chi connectivity index (χ1n) is 22.1. The summed E-state index contributed by atoms with van der Waals surface area (Å²) >= 11 is 0. The normalized spacial score (nSPS) is 45.1. The molecular formula is C41H73N7O11. The van der Waals surface area contributed by atoms with Gasteiger partial charge in [0.25, 0.3) is 0 Å². The number of piperidine rings is 2. The van der Waals surface area contributed by atoms with Crippen molar-refractivity contribution in [3.63, 3.8) is 0 Å². The molecule has 18 nitrogen and oxygen atoms in total. The van der Waals surface area contributed by atoms with Crippen LogP contribution in [0.4, 0.5) is 0 Å². The van der Waals surface area contributed by atoms with Crippen molar-refractivity contribution in [3.05, 3.63) is 0 Å². The highest BCUT2D eigenvalue weighted by atomic mass is 16.7. The van der Waals surface area contributed by atoms with Gasteiger partial charge in [0.05, 0.1) is 49.1 Å². The zero-order chi connectivity index (χ0) is 42.6. The van der Waals surface area contributed by atoms with Crippen molar-refractivity contribution in [2.45, 2.75) is 138 Å². The second-order valence-corrected chi connectivity index (χ2v) is 18.5. The number of carbonyl (C=O) groups is 2. The summed E-state index contributed by atoms with van der Waals surface area (Å²) < 4.78 is 18.2. The minimum atomic E-state index is -1.99. The van der Waals surface area contributed by atoms with Crippen LogP contribution in [0.1, 0.15) is 77.0 Å². The van der Waals surface area contributed by atoms with E-state index in [4.69, 9.17) is 31.4 Å². The van der Waals surface area contributed by atoms with E-state index >= 15 is 0 Å². The second kappa shape index (κ2) is 20.5. The Labute approximate surface area is 347 Å². The lowest BCUT2D eigenvalue weighted by atomic mass is 9.52. The lowest BCUT2D eigenvalue weighted by Gasteiger charge is -2.54. The van der Waals surface area contributed by atoms with Gasteiger partial charge >= 0.3 is 0 Å². The van der Waals surface area contributed by atoms with Gasteiger partial charge in [0.2, 0.25) is 0 Å². The molecule has 0 aromatic carbocycles. The first kappa shape index (κ1) is 46.6. The molecule has 59 heavy (non-hydrogen) atoms. The van der Waals surface area contributed by atoms with E-state index in [-0.39, 0.29) is 80.0 Å². The maximum Gasteiger partial charge on any atom is 0.188 e. The largest absolute Gasteiger partial charge is 0.396 e. The van der Waals surface area contributed by atoms with E-state index in [0.717, 1.165) is 38.8 Å². The third kappa shape index (κ3) is 10.2. The first-order chi connectivity index (χ1) is 28.2. The molecule has 3 heterocycles. The fourth-order valence-electron chi connectivity index (χ4n) is 11.8. The molecule has 3 saturated heterocycles. The molecule has 6 aliphatic rings. The summed E-state index contributed by atoms with van der Waals surface area (Å²) in [4.78, 5) is 33.7. The Morgan fingerprint density at radius 3 is 2.42 bits per heavy atom. The Bertz CT molecular complexity index is 1420. The number of hydrogen-bond acceptors (Lipinski definition) is 16. The SMILES string of the molecule is CN=C(N)NCC1C(C[C@H](CCCO)C2CCC(N)NC2)CC2C(=O)C3CC(OC)CC(O[C@H]4O[C@H](CO)[C@](O)(CCC5CCNC(N)C5)[C@H](O)[C@H]4O)C3C(=O)C2C1O. The maximum atomic E-state index is 14.9. The van der Waals surface area contributed by atoms with Crippen LogP contribution < -0.4 is 33.2 Å². The summed E-state index contributed by atoms with van der Waals surface area (Å²) in [6.07, 6.45) is -2.65. The van der Waals surface area contributed by atoms with Crippen molar-refractivity contribution >= 4 is 17.5 Å². The standard InChI is InChI=1S/C41H73N7O11/c1-45-40(44)48-18-27-23(13-21(4-3-11-49)22-5-6-30(42)47-17-22)14-25-33(35(27)52)36(53)32-26(34(25)51)15-24(57-2)16-28(32)58-39-37(54)38(55)41(56,29(19-50)59-39)9-7-20-8-10-46-31(43)12-20/h20-33,35,37-39,46-47,49-50,52,54-56H,3-19,42-43H2,1-2H3,(H3,44,45,48)/t20?,21-,22?,23?,24?,25?,26?,27?,28?,29+,30?,31?,32?,33?,35?,37+,38+,39-,41+/m0/s1. The summed E-state index contributed by atoms with van der Waals surface area (Å²) in [6.45, 7) is 1.07. The van der Waals surface area contributed by atoms with Crippen LogP contribution in [-0.4, -0.2) is 156 Å². The number of hydrogen-bond donors (Lipinski definition) is 12. The predicted octanol–water partition coefficient (Wildman–Crippen LogP) is -2.37. The van der Waals surface area contributed by atoms with Crippen molar-refractivity contribution in [3.8, 4) is 0 Å². The van der Waals surface area contributed by atoms with Crippen LogP contribution >= 0.6 is 0 Å². The summed E-state index contributed by atoms with van der Waals surface area (Å²) in [5.41, 5.74) is 16.3. The van der Waals surface area contributed by atoms with E-state index in [1.54, 1.807) is 7.05 Å². The Morgan fingerprint density at radius 1 is 1.00 bits per heavy atom. The third-order valence-electron chi connectivity index (χ3n) is 15.2. The van der Waals surface area contributed by atoms with Gasteiger partial charge in [0.1, 0.15) is 35.5 Å². The molecule has 6 rings (SSSR count). The molecular weight excluding hydrogens is 766 g/mol.